The first-order valence-electron chi connectivity index (χ1n) is 5.90. The van der Waals surface area contributed by atoms with E-state index >= 15 is 0 Å². The summed E-state index contributed by atoms with van der Waals surface area (Å²) >= 11 is 1.51. The van der Waals surface area contributed by atoms with Gasteiger partial charge in [-0.05, 0) is 0 Å². The third kappa shape index (κ3) is 4.99. The van der Waals surface area contributed by atoms with Crippen molar-refractivity contribution in [2.45, 2.75) is 0 Å². The Morgan fingerprint density at radius 2 is 1.14 bits per heavy atom. The van der Waals surface area contributed by atoms with Gasteiger partial charge in [0.25, 0.3) is 0 Å². The number of halogens is 3. The van der Waals surface area contributed by atoms with Gasteiger partial charge in [0.05, 0.1) is 0 Å². The molecule has 0 aliphatic carbocycles. The van der Waals surface area contributed by atoms with Crippen molar-refractivity contribution in [3.63, 3.8) is 0 Å². The average Bonchev–Trinajstić information content (AvgIpc) is 2.83. The molecule has 0 aliphatic heterocycles. The molecule has 0 aliphatic rings. The van der Waals surface area contributed by atoms with Gasteiger partial charge in [-0.2, -0.15) is 0 Å². The normalized spacial score (nSPS) is 9.43. The van der Waals surface area contributed by atoms with Crippen LogP contribution in [0, 0.1) is 0 Å². The number of rotatable bonds is 2. The summed E-state index contributed by atoms with van der Waals surface area (Å²) in [5.41, 5.74) is 2.74. The van der Waals surface area contributed by atoms with Gasteiger partial charge in [-0.1, -0.05) is 0 Å². The molecule has 1 heterocycles. The first-order valence-corrected chi connectivity index (χ1v) is 8.13. The molecular weight excluding hydrogens is 421 g/mol. The minimum absolute atomic E-state index is 0. The third-order valence-electron chi connectivity index (χ3n) is 2.96. The zero-order chi connectivity index (χ0) is 12.4. The number of hydrogen-bond acceptors (Lipinski definition) is 0. The zero-order valence-electron chi connectivity index (χ0n) is 11.0. The molecule has 2 aromatic carbocycles. The number of hydrogen-bond donors (Lipinski definition) is 0. The van der Waals surface area contributed by atoms with E-state index in [0.717, 1.165) is 8.19 Å². The van der Waals surface area contributed by atoms with Crippen molar-refractivity contribution < 1.29 is 61.9 Å². The van der Waals surface area contributed by atoms with Crippen LogP contribution in [0.25, 0.3) is 21.7 Å². The van der Waals surface area contributed by atoms with Crippen LogP contribution in [0.2, 0.25) is 0 Å². The van der Waals surface area contributed by atoms with Crippen molar-refractivity contribution >= 4 is 11.5 Å². The van der Waals surface area contributed by atoms with Gasteiger partial charge in [0.2, 0.25) is 0 Å². The summed E-state index contributed by atoms with van der Waals surface area (Å²) < 4.78 is 1.49. The molecule has 3 aromatic rings. The predicted octanol–water partition coefficient (Wildman–Crippen LogP) is -4.76. The van der Waals surface area contributed by atoms with Crippen molar-refractivity contribution in [2.75, 3.05) is 0 Å². The van der Waals surface area contributed by atoms with Gasteiger partial charge in [-0.15, -0.1) is 0 Å². The van der Waals surface area contributed by atoms with E-state index in [1.807, 2.05) is 0 Å². The quantitative estimate of drug-likeness (QED) is 0.382. The molecule has 1 atom stereocenters. The summed E-state index contributed by atoms with van der Waals surface area (Å²) in [5.74, 6) is 0. The van der Waals surface area contributed by atoms with E-state index in [2.05, 4.69) is 66.7 Å². The Labute approximate surface area is 160 Å². The zero-order valence-corrected chi connectivity index (χ0v) is 16.7. The molecule has 5 heteroatoms. The van der Waals surface area contributed by atoms with Crippen LogP contribution in [0.5, 0.6) is 0 Å². The maximum absolute atomic E-state index is 2.37. The van der Waals surface area contributed by atoms with Gasteiger partial charge in [-0.3, -0.25) is 0 Å². The van der Waals surface area contributed by atoms with E-state index in [9.17, 15) is 0 Å². The van der Waals surface area contributed by atoms with Crippen molar-refractivity contribution in [3.8, 4) is 21.7 Å². The molecule has 0 spiro atoms. The molecule has 1 aromatic heterocycles. The molecule has 106 valence electrons. The first-order chi connectivity index (χ1) is 8.84. The van der Waals surface area contributed by atoms with Crippen LogP contribution in [-0.2, 0) is 24.7 Å². The summed E-state index contributed by atoms with van der Waals surface area (Å²) in [7, 11) is 0.789. The predicted molar refractivity (Wildman–Crippen MR) is 76.4 cm³/mol. The van der Waals surface area contributed by atoms with E-state index in [4.69, 9.17) is 0 Å². The van der Waals surface area contributed by atoms with Gasteiger partial charge < -0.3 is 37.2 Å². The van der Waals surface area contributed by atoms with Gasteiger partial charge in [-0.25, -0.2) is 0 Å². The Morgan fingerprint density at radius 1 is 0.667 bits per heavy atom. The van der Waals surface area contributed by atoms with E-state index < -0.39 is 0 Å². The van der Waals surface area contributed by atoms with Crippen molar-refractivity contribution in [2.24, 2.45) is 0 Å². The summed E-state index contributed by atoms with van der Waals surface area (Å²) in [6.45, 7) is 0. The molecule has 0 saturated carbocycles. The molecule has 0 fully saturated rings. The summed E-state index contributed by atoms with van der Waals surface area (Å²) in [6, 6.07) is 23.8. The number of benzene rings is 2. The first kappa shape index (κ1) is 21.0. The van der Waals surface area contributed by atoms with E-state index in [0.29, 0.717) is 0 Å². The molecule has 3 rings (SSSR count). The summed E-state index contributed by atoms with van der Waals surface area (Å²) in [4.78, 5) is 0. The maximum atomic E-state index is 2.37. The Bertz CT molecular complexity index is 654. The van der Waals surface area contributed by atoms with Gasteiger partial charge in [0.15, 0.2) is 0 Å². The molecule has 21 heavy (non-hydrogen) atoms. The fraction of sp³-hybridized carbons (Fsp3) is 0. The Kier molecular flexibility index (Phi) is 9.87. The molecule has 0 radical (unpaired) electrons. The van der Waals surface area contributed by atoms with Crippen molar-refractivity contribution in [3.05, 3.63) is 66.7 Å². The fourth-order valence-electron chi connectivity index (χ4n) is 2.06. The molecule has 0 amide bonds. The van der Waals surface area contributed by atoms with Crippen molar-refractivity contribution in [1.82, 2.24) is 0 Å². The van der Waals surface area contributed by atoms with Gasteiger partial charge in [0, 0.05) is 0 Å². The van der Waals surface area contributed by atoms with Crippen LogP contribution in [0.1, 0.15) is 0 Å². The van der Waals surface area contributed by atoms with Gasteiger partial charge in [0.1, 0.15) is 0 Å². The molecule has 0 saturated heterocycles. The van der Waals surface area contributed by atoms with Crippen LogP contribution in [-0.4, -0.2) is 0 Å². The average molecular weight is 433 g/mol. The molecule has 0 N–H and O–H groups in total. The summed E-state index contributed by atoms with van der Waals surface area (Å²) in [6.07, 6.45) is 0. The van der Waals surface area contributed by atoms with Crippen LogP contribution in [0.15, 0.2) is 66.7 Å². The standard InChI is InChI=1S/C16H12P.3ClH.Zr/c1-3-7-13(8-4-1)15-11-12-16(17-15)14-9-5-2-6-10-14;;;;/h1-11,17H;3*1H;/q;;;;+3/p-3. The monoisotopic (exact) mass is 430 g/mol. The SMILES string of the molecule is [Cl-].[Cl-].[Cl-].[Zr+3][c]1cc(-c2ccccc2)[pH]c1-c1ccccc1. The molecule has 0 nitrogen and oxygen atoms in total. The van der Waals surface area contributed by atoms with Crippen LogP contribution >= 0.6 is 8.19 Å². The second-order valence-electron chi connectivity index (χ2n) is 4.20. The molecule has 0 bridgehead atoms. The fourth-order valence-corrected chi connectivity index (χ4v) is 4.90. The van der Waals surface area contributed by atoms with Crippen molar-refractivity contribution in [1.29, 1.82) is 0 Å². The van der Waals surface area contributed by atoms with Crippen LogP contribution in [0.3, 0.4) is 0 Å². The molecule has 1 unspecified atom stereocenters. The summed E-state index contributed by atoms with van der Waals surface area (Å²) in [5, 5.41) is 2.99. The second kappa shape index (κ2) is 9.88. The van der Waals surface area contributed by atoms with Crippen LogP contribution < -0.4 is 40.5 Å². The van der Waals surface area contributed by atoms with E-state index in [1.54, 1.807) is 0 Å². The Hall–Kier alpha value is -0.0269. The minimum atomic E-state index is 0. The third-order valence-corrected chi connectivity index (χ3v) is 6.06. The second-order valence-corrected chi connectivity index (χ2v) is 6.82. The molecular formula is C16H12Cl3PZr. The van der Waals surface area contributed by atoms with Gasteiger partial charge >= 0.3 is 125 Å². The van der Waals surface area contributed by atoms with Crippen LogP contribution in [0.4, 0.5) is 0 Å². The van der Waals surface area contributed by atoms with E-state index in [1.165, 1.54) is 49.7 Å². The Balaban J connectivity index is 0.00000133. The Morgan fingerprint density at radius 3 is 1.67 bits per heavy atom. The topological polar surface area (TPSA) is 0 Å². The van der Waals surface area contributed by atoms with E-state index in [-0.39, 0.29) is 37.2 Å².